The molecule has 31 heavy (non-hydrogen) atoms. The molecule has 1 N–H and O–H groups in total. The van der Waals surface area contributed by atoms with Crippen molar-refractivity contribution in [2.45, 2.75) is 12.1 Å². The van der Waals surface area contributed by atoms with Crippen LogP contribution in [-0.4, -0.2) is 39.5 Å². The number of thioether (sulfide) groups is 1. The molecule has 158 valence electrons. The van der Waals surface area contributed by atoms with Crippen LogP contribution in [0.3, 0.4) is 0 Å². The molecule has 10 heteroatoms. The molecule has 0 saturated carbocycles. The van der Waals surface area contributed by atoms with Crippen LogP contribution in [0.5, 0.6) is 11.5 Å². The number of aryl methyl sites for hydroxylation is 1. The average Bonchev–Trinajstić information content (AvgIpc) is 3.19. The van der Waals surface area contributed by atoms with E-state index in [2.05, 4.69) is 15.5 Å². The van der Waals surface area contributed by atoms with Gasteiger partial charge in [0, 0.05) is 17.1 Å². The number of ether oxygens (including phenoxy) is 2. The molecule has 4 aromatic rings. The number of fused-ring (bicyclic) bond motifs is 4. The first-order valence-electron chi connectivity index (χ1n) is 9.45. The summed E-state index contributed by atoms with van der Waals surface area (Å²) >= 11 is 7.02. The van der Waals surface area contributed by atoms with Gasteiger partial charge in [-0.2, -0.15) is 0 Å². The van der Waals surface area contributed by atoms with Crippen molar-refractivity contribution < 1.29 is 18.7 Å². The topological polar surface area (TPSA) is 77.8 Å². The van der Waals surface area contributed by atoms with Crippen LogP contribution >= 0.6 is 23.4 Å². The number of nitrogens with zero attached hydrogens (tertiary/aromatic N) is 3. The average molecular weight is 459 g/mol. The molecule has 0 radical (unpaired) electrons. The van der Waals surface area contributed by atoms with Crippen LogP contribution in [0.2, 0.25) is 5.02 Å². The number of pyridine rings is 1. The summed E-state index contributed by atoms with van der Waals surface area (Å²) in [5.41, 5.74) is 2.95. The summed E-state index contributed by atoms with van der Waals surface area (Å²) < 4.78 is 26.6. The number of nitrogens with one attached hydrogen (secondary N) is 1. The summed E-state index contributed by atoms with van der Waals surface area (Å²) in [7, 11) is 0. The molecule has 0 spiro atoms. The largest absolute Gasteiger partial charge is 0.486 e. The Morgan fingerprint density at radius 2 is 1.97 bits per heavy atom. The lowest BCUT2D eigenvalue weighted by Crippen LogP contribution is -2.15. The number of carbonyl (C=O) groups is 1. The van der Waals surface area contributed by atoms with E-state index in [-0.39, 0.29) is 16.7 Å². The highest BCUT2D eigenvalue weighted by Gasteiger charge is 2.18. The quantitative estimate of drug-likeness (QED) is 0.454. The molecule has 5 rings (SSSR count). The van der Waals surface area contributed by atoms with Crippen molar-refractivity contribution in [1.82, 2.24) is 14.6 Å². The van der Waals surface area contributed by atoms with Gasteiger partial charge in [0.1, 0.15) is 19.0 Å². The minimum Gasteiger partial charge on any atom is -0.486 e. The molecule has 0 aliphatic carbocycles. The van der Waals surface area contributed by atoms with E-state index in [0.717, 1.165) is 16.5 Å². The number of aromatic nitrogens is 3. The Morgan fingerprint density at radius 1 is 1.19 bits per heavy atom. The van der Waals surface area contributed by atoms with E-state index in [1.165, 1.54) is 30.0 Å². The normalized spacial score (nSPS) is 13.0. The number of hydrogen-bond donors (Lipinski definition) is 1. The lowest BCUT2D eigenvalue weighted by Gasteiger charge is -2.19. The van der Waals surface area contributed by atoms with E-state index in [1.807, 2.05) is 29.5 Å². The predicted molar refractivity (Wildman–Crippen MR) is 117 cm³/mol. The third-order valence-corrected chi connectivity index (χ3v) is 6.04. The van der Waals surface area contributed by atoms with Gasteiger partial charge in [-0.3, -0.25) is 9.20 Å². The fraction of sp³-hybridized carbons (Fsp3) is 0.190. The second kappa shape index (κ2) is 7.90. The highest BCUT2D eigenvalue weighted by atomic mass is 35.5. The van der Waals surface area contributed by atoms with E-state index in [9.17, 15) is 9.18 Å². The van der Waals surface area contributed by atoms with Crippen molar-refractivity contribution in [2.75, 3.05) is 24.3 Å². The van der Waals surface area contributed by atoms with Gasteiger partial charge in [0.2, 0.25) is 5.91 Å². The number of amides is 1. The third kappa shape index (κ3) is 3.75. The number of rotatable bonds is 4. The minimum atomic E-state index is -0.539. The van der Waals surface area contributed by atoms with E-state index in [4.69, 9.17) is 21.1 Å². The zero-order valence-electron chi connectivity index (χ0n) is 16.3. The van der Waals surface area contributed by atoms with Crippen LogP contribution in [0.25, 0.3) is 16.6 Å². The summed E-state index contributed by atoms with van der Waals surface area (Å²) in [5, 5.41) is 12.8. The zero-order chi connectivity index (χ0) is 21.5. The van der Waals surface area contributed by atoms with E-state index in [1.54, 1.807) is 0 Å². The van der Waals surface area contributed by atoms with Crippen LogP contribution < -0.4 is 14.8 Å². The van der Waals surface area contributed by atoms with Crippen molar-refractivity contribution >= 4 is 51.5 Å². The molecule has 1 aliphatic heterocycles. The summed E-state index contributed by atoms with van der Waals surface area (Å²) in [4.78, 5) is 12.4. The van der Waals surface area contributed by atoms with Gasteiger partial charge in [0.15, 0.2) is 22.3 Å². The molecular weight excluding hydrogens is 443 g/mol. The Kier molecular flexibility index (Phi) is 5.07. The van der Waals surface area contributed by atoms with Crippen LogP contribution in [0.4, 0.5) is 10.1 Å². The molecule has 3 heterocycles. The summed E-state index contributed by atoms with van der Waals surface area (Å²) in [6.45, 7) is 2.96. The highest BCUT2D eigenvalue weighted by Crippen LogP contribution is 2.36. The number of anilines is 1. The van der Waals surface area contributed by atoms with E-state index in [0.29, 0.717) is 41.2 Å². The fourth-order valence-electron chi connectivity index (χ4n) is 3.44. The molecule has 0 unspecified atom stereocenters. The van der Waals surface area contributed by atoms with E-state index < -0.39 is 5.82 Å². The first kappa shape index (κ1) is 19.9. The molecule has 0 fully saturated rings. The van der Waals surface area contributed by atoms with Gasteiger partial charge in [-0.15, -0.1) is 10.2 Å². The summed E-state index contributed by atoms with van der Waals surface area (Å²) in [6.07, 6.45) is 0. The van der Waals surface area contributed by atoms with Gasteiger partial charge in [-0.1, -0.05) is 23.4 Å². The summed E-state index contributed by atoms with van der Waals surface area (Å²) in [5.74, 6) is 0.658. The second-order valence-corrected chi connectivity index (χ2v) is 8.34. The molecular formula is C21H16ClFN4O3S. The number of carbonyl (C=O) groups excluding carboxylic acids is 1. The number of halogens is 2. The Hall–Kier alpha value is -3.04. The van der Waals surface area contributed by atoms with Gasteiger partial charge in [-0.25, -0.2) is 4.39 Å². The van der Waals surface area contributed by atoms with Gasteiger partial charge >= 0.3 is 0 Å². The molecule has 2 aromatic carbocycles. The molecule has 0 atom stereocenters. The van der Waals surface area contributed by atoms with Crippen LogP contribution in [0, 0.1) is 12.7 Å². The smallest absolute Gasteiger partial charge is 0.234 e. The van der Waals surface area contributed by atoms with Crippen molar-refractivity contribution in [3.8, 4) is 11.5 Å². The van der Waals surface area contributed by atoms with Gasteiger partial charge < -0.3 is 14.8 Å². The lowest BCUT2D eigenvalue weighted by atomic mass is 10.1. The predicted octanol–water partition coefficient (Wildman–Crippen LogP) is 4.49. The number of benzene rings is 2. The van der Waals surface area contributed by atoms with Crippen LogP contribution in [-0.2, 0) is 4.79 Å². The van der Waals surface area contributed by atoms with Gasteiger partial charge in [-0.05, 0) is 42.8 Å². The third-order valence-electron chi connectivity index (χ3n) is 4.83. The van der Waals surface area contributed by atoms with Crippen molar-refractivity contribution in [2.24, 2.45) is 0 Å². The lowest BCUT2D eigenvalue weighted by molar-refractivity contribution is -0.113. The maximum atomic E-state index is 13.3. The van der Waals surface area contributed by atoms with Crippen LogP contribution in [0.15, 0.2) is 41.6 Å². The molecule has 1 aliphatic rings. The maximum absolute atomic E-state index is 13.3. The standard InChI is InChI=1S/C21H16ClFN4O3S/c1-11-6-12-7-17-18(30-5-4-29-17)9-16(12)27-20(11)25-26-21(27)31-10-19(28)24-13-2-3-15(23)14(22)8-13/h2-3,6-9H,4-5,10H2,1H3,(H,24,28). The Balaban J connectivity index is 1.44. The van der Waals surface area contributed by atoms with Crippen molar-refractivity contribution in [3.05, 3.63) is 52.8 Å². The molecule has 1 amide bonds. The minimum absolute atomic E-state index is 0.0506. The SMILES string of the molecule is Cc1cc2cc3c(cc2n2c(SCC(=O)Nc4ccc(F)c(Cl)c4)nnc12)OCCO3. The molecule has 0 bridgehead atoms. The maximum Gasteiger partial charge on any atom is 0.234 e. The van der Waals surface area contributed by atoms with E-state index >= 15 is 0 Å². The number of hydrogen-bond acceptors (Lipinski definition) is 6. The summed E-state index contributed by atoms with van der Waals surface area (Å²) in [6, 6.07) is 9.90. The Bertz CT molecular complexity index is 1340. The van der Waals surface area contributed by atoms with Crippen LogP contribution in [0.1, 0.15) is 5.56 Å². The first-order valence-corrected chi connectivity index (χ1v) is 10.8. The fourth-order valence-corrected chi connectivity index (χ4v) is 4.36. The zero-order valence-corrected chi connectivity index (χ0v) is 17.9. The van der Waals surface area contributed by atoms with Gasteiger partial charge in [0.05, 0.1) is 16.3 Å². The van der Waals surface area contributed by atoms with Crippen molar-refractivity contribution in [3.63, 3.8) is 0 Å². The molecule has 7 nitrogen and oxygen atoms in total. The second-order valence-electron chi connectivity index (χ2n) is 6.99. The first-order chi connectivity index (χ1) is 15.0. The Morgan fingerprint density at radius 3 is 2.74 bits per heavy atom. The highest BCUT2D eigenvalue weighted by molar-refractivity contribution is 7.99. The monoisotopic (exact) mass is 458 g/mol. The molecule has 2 aromatic heterocycles. The van der Waals surface area contributed by atoms with Gasteiger partial charge in [0.25, 0.3) is 0 Å². The Labute approximate surface area is 185 Å². The molecule has 0 saturated heterocycles. The van der Waals surface area contributed by atoms with Crippen molar-refractivity contribution in [1.29, 1.82) is 0 Å².